The number of amides is 3. The lowest BCUT2D eigenvalue weighted by Gasteiger charge is -2.32. The number of aryl methyl sites for hydroxylation is 1. The van der Waals surface area contributed by atoms with Crippen molar-refractivity contribution >= 4 is 28.8 Å². The molecule has 0 unspecified atom stereocenters. The second-order valence-corrected chi connectivity index (χ2v) is 7.44. The van der Waals surface area contributed by atoms with Gasteiger partial charge in [0.2, 0.25) is 5.91 Å². The largest absolute Gasteiger partial charge is 0.456 e. The number of thioether (sulfide) groups is 1. The number of carbonyl (C=O) groups is 3. The molecule has 7 nitrogen and oxygen atoms in total. The minimum atomic E-state index is -0.206. The Kier molecular flexibility index (Phi) is 5.67. The van der Waals surface area contributed by atoms with Gasteiger partial charge in [-0.3, -0.25) is 14.4 Å². The first-order chi connectivity index (χ1) is 12.0. The zero-order chi connectivity index (χ0) is 17.8. The van der Waals surface area contributed by atoms with E-state index in [1.807, 2.05) is 4.90 Å². The lowest BCUT2D eigenvalue weighted by Crippen LogP contribution is -2.47. The first-order valence-electron chi connectivity index (χ1n) is 8.59. The molecule has 0 atom stereocenters. The predicted molar refractivity (Wildman–Crippen MR) is 94.6 cm³/mol. The molecular formula is C17H23N3O4S. The van der Waals surface area contributed by atoms with Crippen molar-refractivity contribution < 1.29 is 18.8 Å². The molecule has 2 saturated heterocycles. The summed E-state index contributed by atoms with van der Waals surface area (Å²) in [5.41, 5.74) is 0. The summed E-state index contributed by atoms with van der Waals surface area (Å²) in [5.74, 6) is 1.72. The minimum Gasteiger partial charge on any atom is -0.456 e. The molecule has 8 heteroatoms. The van der Waals surface area contributed by atoms with Crippen LogP contribution in [0.15, 0.2) is 16.5 Å². The number of hydrogen-bond acceptors (Lipinski definition) is 5. The van der Waals surface area contributed by atoms with E-state index in [-0.39, 0.29) is 23.1 Å². The fourth-order valence-corrected chi connectivity index (χ4v) is 3.96. The Morgan fingerprint density at radius 2 is 2.04 bits per heavy atom. The van der Waals surface area contributed by atoms with Crippen LogP contribution >= 0.6 is 11.8 Å². The topological polar surface area (TPSA) is 82.9 Å². The quantitative estimate of drug-likeness (QED) is 0.861. The first-order valence-corrected chi connectivity index (χ1v) is 9.58. The highest BCUT2D eigenvalue weighted by Gasteiger charge is 2.26. The molecule has 3 amide bonds. The van der Waals surface area contributed by atoms with Crippen molar-refractivity contribution in [1.29, 1.82) is 0 Å². The fraction of sp³-hybridized carbons (Fsp3) is 0.588. The second kappa shape index (κ2) is 7.95. The number of nitrogens with one attached hydrogen (secondary N) is 1. The molecule has 3 heterocycles. The van der Waals surface area contributed by atoms with Gasteiger partial charge in [0, 0.05) is 44.4 Å². The van der Waals surface area contributed by atoms with Gasteiger partial charge in [0.15, 0.2) is 5.76 Å². The van der Waals surface area contributed by atoms with E-state index in [2.05, 4.69) is 5.32 Å². The lowest BCUT2D eigenvalue weighted by atomic mass is 10.0. The van der Waals surface area contributed by atoms with Crippen LogP contribution in [0.2, 0.25) is 0 Å². The Labute approximate surface area is 151 Å². The number of piperidine rings is 1. The summed E-state index contributed by atoms with van der Waals surface area (Å²) in [6, 6.07) is 3.49. The maximum atomic E-state index is 12.3. The maximum Gasteiger partial charge on any atom is 0.287 e. The molecule has 2 aliphatic rings. The first kappa shape index (κ1) is 17.8. The normalized spacial score (nSPS) is 18.7. The zero-order valence-electron chi connectivity index (χ0n) is 14.3. The van der Waals surface area contributed by atoms with Crippen LogP contribution in [-0.4, -0.2) is 64.8 Å². The van der Waals surface area contributed by atoms with Gasteiger partial charge in [-0.1, -0.05) is 11.8 Å². The second-order valence-electron chi connectivity index (χ2n) is 6.39. The van der Waals surface area contributed by atoms with Crippen molar-refractivity contribution in [3.63, 3.8) is 0 Å². The predicted octanol–water partition coefficient (Wildman–Crippen LogP) is 1.87. The van der Waals surface area contributed by atoms with Gasteiger partial charge in [-0.15, -0.1) is 0 Å². The number of likely N-dealkylation sites (tertiary alicyclic amines) is 1. The number of carbonyl (C=O) groups excluding carboxylic acids is 3. The molecule has 2 aliphatic heterocycles. The van der Waals surface area contributed by atoms with E-state index >= 15 is 0 Å². The van der Waals surface area contributed by atoms with Crippen LogP contribution in [0, 0.1) is 6.92 Å². The fourth-order valence-electron chi connectivity index (χ4n) is 3.10. The third-order valence-corrected chi connectivity index (χ3v) is 5.48. The summed E-state index contributed by atoms with van der Waals surface area (Å²) in [5, 5.41) is 3.04. The lowest BCUT2D eigenvalue weighted by molar-refractivity contribution is -0.132. The summed E-state index contributed by atoms with van der Waals surface area (Å²) < 4.78 is 5.33. The van der Waals surface area contributed by atoms with E-state index in [4.69, 9.17) is 4.42 Å². The van der Waals surface area contributed by atoms with Crippen LogP contribution < -0.4 is 5.32 Å². The number of nitrogens with zero attached hydrogens (tertiary/aromatic N) is 2. The van der Waals surface area contributed by atoms with E-state index in [9.17, 15) is 14.4 Å². The summed E-state index contributed by atoms with van der Waals surface area (Å²) >= 11 is 1.31. The number of furan rings is 1. The standard InChI is InChI=1S/C17H23N3O4S/c1-12-2-3-14(24-12)16(22)18-13-4-7-19(8-5-13)15(21)6-9-20-10-11-25-17(20)23/h2-3,13H,4-11H2,1H3,(H,18,22). The molecule has 0 radical (unpaired) electrons. The van der Waals surface area contributed by atoms with Crippen LogP contribution in [0.1, 0.15) is 35.6 Å². The highest BCUT2D eigenvalue weighted by atomic mass is 32.2. The molecule has 1 aromatic heterocycles. The summed E-state index contributed by atoms with van der Waals surface area (Å²) in [6.45, 7) is 4.29. The zero-order valence-corrected chi connectivity index (χ0v) is 15.1. The Morgan fingerprint density at radius 1 is 1.28 bits per heavy atom. The van der Waals surface area contributed by atoms with Crippen molar-refractivity contribution in [1.82, 2.24) is 15.1 Å². The van der Waals surface area contributed by atoms with Crippen LogP contribution in [0.25, 0.3) is 0 Å². The molecule has 0 bridgehead atoms. The molecular weight excluding hydrogens is 342 g/mol. The molecule has 0 saturated carbocycles. The van der Waals surface area contributed by atoms with Gasteiger partial charge in [-0.25, -0.2) is 0 Å². The van der Waals surface area contributed by atoms with E-state index in [1.165, 1.54) is 11.8 Å². The van der Waals surface area contributed by atoms with Gasteiger partial charge in [-0.2, -0.15) is 0 Å². The van der Waals surface area contributed by atoms with Crippen LogP contribution in [0.3, 0.4) is 0 Å². The third kappa shape index (κ3) is 4.56. The Morgan fingerprint density at radius 3 is 2.64 bits per heavy atom. The molecule has 0 aliphatic carbocycles. The third-order valence-electron chi connectivity index (χ3n) is 4.59. The van der Waals surface area contributed by atoms with Crippen LogP contribution in [-0.2, 0) is 4.79 Å². The highest BCUT2D eigenvalue weighted by molar-refractivity contribution is 8.13. The highest BCUT2D eigenvalue weighted by Crippen LogP contribution is 2.18. The molecule has 25 heavy (non-hydrogen) atoms. The Hall–Kier alpha value is -1.96. The minimum absolute atomic E-state index is 0.0542. The monoisotopic (exact) mass is 365 g/mol. The van der Waals surface area contributed by atoms with E-state index in [0.29, 0.717) is 37.6 Å². The molecule has 0 aromatic carbocycles. The Balaban J connectivity index is 1.39. The number of hydrogen-bond donors (Lipinski definition) is 1. The van der Waals surface area contributed by atoms with Crippen molar-refractivity contribution in [2.75, 3.05) is 31.9 Å². The summed E-state index contributed by atoms with van der Waals surface area (Å²) in [7, 11) is 0. The van der Waals surface area contributed by atoms with Gasteiger partial charge in [-0.05, 0) is 31.9 Å². The van der Waals surface area contributed by atoms with Crippen LogP contribution in [0.4, 0.5) is 4.79 Å². The van der Waals surface area contributed by atoms with Crippen molar-refractivity contribution in [3.8, 4) is 0 Å². The van der Waals surface area contributed by atoms with Gasteiger partial charge < -0.3 is 19.5 Å². The van der Waals surface area contributed by atoms with Gasteiger partial charge in [0.25, 0.3) is 11.1 Å². The molecule has 1 aromatic rings. The van der Waals surface area contributed by atoms with Crippen molar-refractivity contribution in [3.05, 3.63) is 23.7 Å². The molecule has 1 N–H and O–H groups in total. The van der Waals surface area contributed by atoms with Gasteiger partial charge in [0.05, 0.1) is 0 Å². The smallest absolute Gasteiger partial charge is 0.287 e. The van der Waals surface area contributed by atoms with E-state index in [1.54, 1.807) is 24.0 Å². The molecule has 0 spiro atoms. The maximum absolute atomic E-state index is 12.3. The molecule has 2 fully saturated rings. The molecule has 136 valence electrons. The Bertz CT molecular complexity index is 652. The molecule has 3 rings (SSSR count). The van der Waals surface area contributed by atoms with Crippen molar-refractivity contribution in [2.45, 2.75) is 32.2 Å². The average molecular weight is 365 g/mol. The average Bonchev–Trinajstić information content (AvgIpc) is 3.21. The SMILES string of the molecule is Cc1ccc(C(=O)NC2CCN(C(=O)CCN3CCSC3=O)CC2)o1. The number of rotatable bonds is 5. The van der Waals surface area contributed by atoms with Crippen LogP contribution in [0.5, 0.6) is 0 Å². The summed E-state index contributed by atoms with van der Waals surface area (Å²) in [4.78, 5) is 39.5. The van der Waals surface area contributed by atoms with Gasteiger partial charge in [0.1, 0.15) is 5.76 Å². The van der Waals surface area contributed by atoms with Gasteiger partial charge >= 0.3 is 0 Å². The summed E-state index contributed by atoms with van der Waals surface area (Å²) in [6.07, 6.45) is 1.83. The van der Waals surface area contributed by atoms with E-state index < -0.39 is 0 Å². The van der Waals surface area contributed by atoms with Crippen molar-refractivity contribution in [2.24, 2.45) is 0 Å². The van der Waals surface area contributed by atoms with E-state index in [0.717, 1.165) is 25.1 Å².